The van der Waals surface area contributed by atoms with Crippen LogP contribution < -0.4 is 0 Å². The van der Waals surface area contributed by atoms with Gasteiger partial charge < -0.3 is 4.43 Å². The second kappa shape index (κ2) is 5.32. The van der Waals surface area contributed by atoms with E-state index in [1.165, 1.54) is 18.9 Å². The molecule has 0 saturated carbocycles. The highest BCUT2D eigenvalue weighted by molar-refractivity contribution is 6.69. The first-order chi connectivity index (χ1) is 5.83. The van der Waals surface area contributed by atoms with Crippen LogP contribution in [-0.4, -0.2) is 23.4 Å². The van der Waals surface area contributed by atoms with Gasteiger partial charge in [0.15, 0.2) is 8.32 Å². The SMILES string of the molecule is CCCC(C)(C[SiH2]C)O[Si](C)(C)C. The molecule has 0 fully saturated rings. The van der Waals surface area contributed by atoms with Crippen LogP contribution >= 0.6 is 0 Å². The molecule has 0 spiro atoms. The van der Waals surface area contributed by atoms with Gasteiger partial charge in [-0.2, -0.15) is 0 Å². The van der Waals surface area contributed by atoms with Gasteiger partial charge in [-0.15, -0.1) is 0 Å². The Hall–Kier alpha value is 0.394. The van der Waals surface area contributed by atoms with E-state index in [1.54, 1.807) is 0 Å². The molecule has 0 aromatic carbocycles. The molecule has 1 nitrogen and oxygen atoms in total. The summed E-state index contributed by atoms with van der Waals surface area (Å²) in [5.41, 5.74) is 0.209. The molecule has 0 aromatic heterocycles. The molecule has 0 N–H and O–H groups in total. The highest BCUT2D eigenvalue weighted by Crippen LogP contribution is 2.26. The maximum Gasteiger partial charge on any atom is 0.184 e. The molecule has 1 atom stereocenters. The van der Waals surface area contributed by atoms with Gasteiger partial charge in [0.2, 0.25) is 0 Å². The second-order valence-electron chi connectivity index (χ2n) is 5.16. The van der Waals surface area contributed by atoms with Gasteiger partial charge in [0.05, 0.1) is 5.60 Å². The van der Waals surface area contributed by atoms with Crippen LogP contribution in [0.2, 0.25) is 32.2 Å². The highest BCUT2D eigenvalue weighted by atomic mass is 28.4. The summed E-state index contributed by atoms with van der Waals surface area (Å²) in [4.78, 5) is 0. The minimum Gasteiger partial charge on any atom is -0.413 e. The average molecular weight is 218 g/mol. The van der Waals surface area contributed by atoms with Crippen molar-refractivity contribution in [1.29, 1.82) is 0 Å². The van der Waals surface area contributed by atoms with Gasteiger partial charge in [-0.1, -0.05) is 19.9 Å². The molecular weight excluding hydrogens is 192 g/mol. The van der Waals surface area contributed by atoms with Crippen molar-refractivity contribution in [2.75, 3.05) is 0 Å². The van der Waals surface area contributed by atoms with Gasteiger partial charge in [0, 0.05) is 9.52 Å². The summed E-state index contributed by atoms with van der Waals surface area (Å²) in [6.07, 6.45) is 2.48. The summed E-state index contributed by atoms with van der Waals surface area (Å²) in [6, 6.07) is 1.34. The average Bonchev–Trinajstić information content (AvgIpc) is 1.82. The lowest BCUT2D eigenvalue weighted by molar-refractivity contribution is 0.0905. The first-order valence-corrected chi connectivity index (χ1v) is 11.4. The van der Waals surface area contributed by atoms with Crippen molar-refractivity contribution in [2.24, 2.45) is 0 Å². The van der Waals surface area contributed by atoms with Crippen LogP contribution in [0.1, 0.15) is 26.7 Å². The molecule has 0 aliphatic rings. The van der Waals surface area contributed by atoms with E-state index >= 15 is 0 Å². The number of hydrogen-bond acceptors (Lipinski definition) is 1. The summed E-state index contributed by atoms with van der Waals surface area (Å²) in [6.45, 7) is 13.8. The van der Waals surface area contributed by atoms with Crippen molar-refractivity contribution >= 4 is 17.8 Å². The Morgan fingerprint density at radius 2 is 1.85 bits per heavy atom. The molecule has 0 saturated heterocycles. The third-order valence-electron chi connectivity index (χ3n) is 2.11. The number of hydrogen-bond donors (Lipinski definition) is 0. The molecule has 0 aliphatic carbocycles. The molecule has 0 aromatic rings. The maximum atomic E-state index is 6.28. The van der Waals surface area contributed by atoms with Crippen LogP contribution in [0, 0.1) is 0 Å². The second-order valence-corrected chi connectivity index (χ2v) is 11.1. The summed E-state index contributed by atoms with van der Waals surface area (Å²) < 4.78 is 6.28. The summed E-state index contributed by atoms with van der Waals surface area (Å²) in [5.74, 6) is 0. The van der Waals surface area contributed by atoms with Gasteiger partial charge in [-0.05, 0) is 39.0 Å². The molecule has 80 valence electrons. The van der Waals surface area contributed by atoms with Crippen molar-refractivity contribution in [3.63, 3.8) is 0 Å². The van der Waals surface area contributed by atoms with Gasteiger partial charge >= 0.3 is 0 Å². The smallest absolute Gasteiger partial charge is 0.184 e. The van der Waals surface area contributed by atoms with E-state index < -0.39 is 8.32 Å². The molecule has 1 unspecified atom stereocenters. The van der Waals surface area contributed by atoms with Crippen LogP contribution in [0.15, 0.2) is 0 Å². The zero-order valence-corrected chi connectivity index (χ0v) is 12.7. The molecule has 0 bridgehead atoms. The quantitative estimate of drug-likeness (QED) is 0.623. The molecule has 0 heterocycles. The fourth-order valence-electron chi connectivity index (χ4n) is 2.02. The Bertz CT molecular complexity index is 134. The van der Waals surface area contributed by atoms with Crippen molar-refractivity contribution in [3.8, 4) is 0 Å². The van der Waals surface area contributed by atoms with Crippen LogP contribution in [0.4, 0.5) is 0 Å². The van der Waals surface area contributed by atoms with Crippen molar-refractivity contribution < 1.29 is 4.43 Å². The Labute approximate surface area is 87.2 Å². The minimum absolute atomic E-state index is 0.118. The molecule has 0 aliphatic heterocycles. The third kappa shape index (κ3) is 6.46. The Morgan fingerprint density at radius 3 is 2.15 bits per heavy atom. The topological polar surface area (TPSA) is 9.23 Å². The van der Waals surface area contributed by atoms with Gasteiger partial charge in [-0.3, -0.25) is 0 Å². The summed E-state index contributed by atoms with van der Waals surface area (Å²) in [7, 11) is -1.23. The summed E-state index contributed by atoms with van der Waals surface area (Å²) in [5, 5.41) is 0. The normalized spacial score (nSPS) is 18.0. The minimum atomic E-state index is -1.34. The van der Waals surface area contributed by atoms with Crippen LogP contribution in [0.25, 0.3) is 0 Å². The largest absolute Gasteiger partial charge is 0.413 e. The maximum absolute atomic E-state index is 6.28. The summed E-state index contributed by atoms with van der Waals surface area (Å²) >= 11 is 0. The lowest BCUT2D eigenvalue weighted by Crippen LogP contribution is -2.40. The predicted molar refractivity (Wildman–Crippen MR) is 67.0 cm³/mol. The molecule has 0 rings (SSSR count). The van der Waals surface area contributed by atoms with Gasteiger partial charge in [0.25, 0.3) is 0 Å². The van der Waals surface area contributed by atoms with E-state index in [-0.39, 0.29) is 15.1 Å². The predicted octanol–water partition coefficient (Wildman–Crippen LogP) is 3.03. The van der Waals surface area contributed by atoms with E-state index in [9.17, 15) is 0 Å². The van der Waals surface area contributed by atoms with E-state index in [0.717, 1.165) is 0 Å². The first-order valence-electron chi connectivity index (χ1n) is 5.53. The first kappa shape index (κ1) is 13.4. The molecule has 3 heteroatoms. The third-order valence-corrected chi connectivity index (χ3v) is 4.77. The van der Waals surface area contributed by atoms with Crippen molar-refractivity contribution in [2.45, 2.75) is 64.5 Å². The van der Waals surface area contributed by atoms with Crippen molar-refractivity contribution in [1.82, 2.24) is 0 Å². The zero-order chi connectivity index (χ0) is 10.5. The Balaban J connectivity index is 4.22. The lowest BCUT2D eigenvalue weighted by Gasteiger charge is -2.36. The van der Waals surface area contributed by atoms with Gasteiger partial charge in [0.1, 0.15) is 0 Å². The standard InChI is InChI=1S/C10H26OSi2/c1-7-8-10(2,9-12-3)11-13(4,5)6/h7-9,12H2,1-6H3. The zero-order valence-electron chi connectivity index (χ0n) is 10.2. The monoisotopic (exact) mass is 218 g/mol. The molecule has 13 heavy (non-hydrogen) atoms. The Kier molecular flexibility index (Phi) is 5.48. The van der Waals surface area contributed by atoms with E-state index in [1.807, 2.05) is 0 Å². The van der Waals surface area contributed by atoms with Gasteiger partial charge in [-0.25, -0.2) is 0 Å². The van der Waals surface area contributed by atoms with Crippen molar-refractivity contribution in [3.05, 3.63) is 0 Å². The van der Waals surface area contributed by atoms with Crippen LogP contribution in [0.3, 0.4) is 0 Å². The van der Waals surface area contributed by atoms with E-state index in [0.29, 0.717) is 0 Å². The van der Waals surface area contributed by atoms with E-state index in [4.69, 9.17) is 4.43 Å². The molecule has 0 radical (unpaired) electrons. The van der Waals surface area contributed by atoms with Crippen LogP contribution in [0.5, 0.6) is 0 Å². The molecular formula is C10H26OSi2. The van der Waals surface area contributed by atoms with E-state index in [2.05, 4.69) is 40.0 Å². The molecule has 0 amide bonds. The number of rotatable bonds is 6. The fraction of sp³-hybridized carbons (Fsp3) is 1.00. The Morgan fingerprint density at radius 1 is 1.31 bits per heavy atom. The highest BCUT2D eigenvalue weighted by Gasteiger charge is 2.29. The van der Waals surface area contributed by atoms with Crippen LogP contribution in [-0.2, 0) is 4.43 Å². The lowest BCUT2D eigenvalue weighted by atomic mass is 10.0. The fourth-order valence-corrected chi connectivity index (χ4v) is 5.32.